The van der Waals surface area contributed by atoms with Crippen molar-refractivity contribution in [1.29, 1.82) is 5.26 Å². The average molecular weight is 278 g/mol. The summed E-state index contributed by atoms with van der Waals surface area (Å²) in [5, 5.41) is 15.5. The van der Waals surface area contributed by atoms with Gasteiger partial charge in [-0.05, 0) is 37.8 Å². The van der Waals surface area contributed by atoms with Crippen LogP contribution < -0.4 is 10.6 Å². The molecule has 0 spiro atoms. The lowest BCUT2D eigenvalue weighted by Gasteiger charge is -2.23. The van der Waals surface area contributed by atoms with Gasteiger partial charge in [0.1, 0.15) is 5.54 Å². The van der Waals surface area contributed by atoms with E-state index in [-0.39, 0.29) is 18.4 Å². The zero-order valence-corrected chi connectivity index (χ0v) is 11.5. The minimum absolute atomic E-state index is 0.105. The molecular weight excluding hydrogens is 262 g/mol. The van der Waals surface area contributed by atoms with Crippen LogP contribution in [0, 0.1) is 17.2 Å². The van der Waals surface area contributed by atoms with Gasteiger partial charge in [-0.25, -0.2) is 0 Å². The molecule has 1 unspecified atom stereocenters. The molecule has 1 atom stereocenters. The van der Waals surface area contributed by atoms with Crippen LogP contribution in [0.15, 0.2) is 24.3 Å². The van der Waals surface area contributed by atoms with Crippen LogP contribution in [0.25, 0.3) is 0 Å². The van der Waals surface area contributed by atoms with Crippen molar-refractivity contribution >= 4 is 23.2 Å². The summed E-state index contributed by atoms with van der Waals surface area (Å²) in [6.45, 7) is 1.88. The topological polar surface area (TPSA) is 64.9 Å². The second-order valence-electron chi connectivity index (χ2n) is 4.97. The third kappa shape index (κ3) is 3.39. The zero-order valence-electron chi connectivity index (χ0n) is 10.7. The summed E-state index contributed by atoms with van der Waals surface area (Å²) in [5.41, 5.74) is -0.0383. The zero-order chi connectivity index (χ0) is 13.9. The molecule has 1 fully saturated rings. The Bertz CT molecular complexity index is 522. The quantitative estimate of drug-likeness (QED) is 0.869. The third-order valence-corrected chi connectivity index (χ3v) is 3.67. The van der Waals surface area contributed by atoms with Gasteiger partial charge in [-0.15, -0.1) is 0 Å². The van der Waals surface area contributed by atoms with E-state index in [2.05, 4.69) is 16.7 Å². The molecule has 0 radical (unpaired) electrons. The second-order valence-corrected chi connectivity index (χ2v) is 5.38. The maximum absolute atomic E-state index is 11.9. The van der Waals surface area contributed by atoms with Crippen LogP contribution in [-0.4, -0.2) is 18.0 Å². The lowest BCUT2D eigenvalue weighted by molar-refractivity contribution is -0.120. The summed E-state index contributed by atoms with van der Waals surface area (Å²) in [7, 11) is 0. The molecule has 1 aromatic rings. The molecule has 0 heterocycles. The van der Waals surface area contributed by atoms with Crippen molar-refractivity contribution in [3.8, 4) is 6.07 Å². The van der Waals surface area contributed by atoms with Crippen molar-refractivity contribution in [3.63, 3.8) is 0 Å². The Morgan fingerprint density at radius 3 is 2.79 bits per heavy atom. The van der Waals surface area contributed by atoms with Gasteiger partial charge in [-0.2, -0.15) is 5.26 Å². The summed E-state index contributed by atoms with van der Waals surface area (Å²) >= 11 is 5.98. The first-order valence-electron chi connectivity index (χ1n) is 6.26. The van der Waals surface area contributed by atoms with Crippen molar-refractivity contribution < 1.29 is 4.79 Å². The lowest BCUT2D eigenvalue weighted by Crippen LogP contribution is -2.48. The van der Waals surface area contributed by atoms with Gasteiger partial charge < -0.3 is 10.6 Å². The van der Waals surface area contributed by atoms with E-state index in [1.54, 1.807) is 19.1 Å². The number of benzene rings is 1. The molecule has 0 bridgehead atoms. The first-order chi connectivity index (χ1) is 9.05. The van der Waals surface area contributed by atoms with Crippen molar-refractivity contribution in [1.82, 2.24) is 5.32 Å². The SMILES string of the molecule is CC(C#N)(NC(=O)CNc1ccccc1Cl)C1CC1. The Morgan fingerprint density at radius 2 is 2.21 bits per heavy atom. The predicted molar refractivity (Wildman–Crippen MR) is 74.8 cm³/mol. The van der Waals surface area contributed by atoms with Gasteiger partial charge in [-0.3, -0.25) is 4.79 Å². The van der Waals surface area contributed by atoms with Gasteiger partial charge in [0, 0.05) is 0 Å². The van der Waals surface area contributed by atoms with E-state index in [1.807, 2.05) is 12.1 Å². The highest BCUT2D eigenvalue weighted by Crippen LogP contribution is 2.39. The van der Waals surface area contributed by atoms with Crippen molar-refractivity contribution in [2.24, 2.45) is 5.92 Å². The Morgan fingerprint density at radius 1 is 1.53 bits per heavy atom. The molecule has 5 heteroatoms. The summed E-state index contributed by atoms with van der Waals surface area (Å²) in [4.78, 5) is 11.9. The largest absolute Gasteiger partial charge is 0.375 e. The van der Waals surface area contributed by atoms with E-state index in [1.165, 1.54) is 0 Å². The highest BCUT2D eigenvalue weighted by atomic mass is 35.5. The number of hydrogen-bond donors (Lipinski definition) is 2. The summed E-state index contributed by atoms with van der Waals surface area (Å²) < 4.78 is 0. The van der Waals surface area contributed by atoms with Gasteiger partial charge >= 0.3 is 0 Å². The molecule has 100 valence electrons. The maximum Gasteiger partial charge on any atom is 0.240 e. The molecule has 1 amide bonds. The first kappa shape index (κ1) is 13.7. The van der Waals surface area contributed by atoms with E-state index in [4.69, 9.17) is 16.9 Å². The highest BCUT2D eigenvalue weighted by Gasteiger charge is 2.42. The van der Waals surface area contributed by atoms with Crippen LogP contribution in [0.2, 0.25) is 5.02 Å². The molecule has 1 aromatic carbocycles. The van der Waals surface area contributed by atoms with E-state index in [0.29, 0.717) is 10.7 Å². The maximum atomic E-state index is 11.9. The normalized spacial score (nSPS) is 17.1. The standard InChI is InChI=1S/C14H16ClN3O/c1-14(9-16,10-6-7-10)18-13(19)8-17-12-5-3-2-4-11(12)15/h2-5,10,17H,6-8H2,1H3,(H,18,19). The van der Waals surface area contributed by atoms with Crippen molar-refractivity contribution in [3.05, 3.63) is 29.3 Å². The van der Waals surface area contributed by atoms with E-state index < -0.39 is 5.54 Å². The van der Waals surface area contributed by atoms with Gasteiger partial charge in [0.15, 0.2) is 0 Å². The number of rotatable bonds is 5. The third-order valence-electron chi connectivity index (χ3n) is 3.34. The van der Waals surface area contributed by atoms with Crippen LogP contribution in [0.3, 0.4) is 0 Å². The summed E-state index contributed by atoms with van der Waals surface area (Å²) in [6, 6.07) is 9.43. The van der Waals surface area contributed by atoms with Crippen molar-refractivity contribution in [2.45, 2.75) is 25.3 Å². The minimum atomic E-state index is -0.751. The van der Waals surface area contributed by atoms with Gasteiger partial charge in [-0.1, -0.05) is 23.7 Å². The Labute approximate surface area is 117 Å². The molecule has 0 aromatic heterocycles. The van der Waals surface area contributed by atoms with Crippen LogP contribution in [0.4, 0.5) is 5.69 Å². The average Bonchev–Trinajstić information content (AvgIpc) is 3.22. The lowest BCUT2D eigenvalue weighted by atomic mass is 9.98. The number of para-hydroxylation sites is 1. The predicted octanol–water partition coefficient (Wildman–Crippen LogP) is 2.56. The smallest absolute Gasteiger partial charge is 0.240 e. The number of nitrogens with zero attached hydrogens (tertiary/aromatic N) is 1. The number of halogens is 1. The number of nitrogens with one attached hydrogen (secondary N) is 2. The molecule has 0 saturated heterocycles. The van der Waals surface area contributed by atoms with Crippen LogP contribution in [0.5, 0.6) is 0 Å². The van der Waals surface area contributed by atoms with E-state index >= 15 is 0 Å². The minimum Gasteiger partial charge on any atom is -0.375 e. The number of amides is 1. The van der Waals surface area contributed by atoms with E-state index in [9.17, 15) is 4.79 Å². The summed E-state index contributed by atoms with van der Waals surface area (Å²) in [5.74, 6) is 0.0811. The van der Waals surface area contributed by atoms with Crippen LogP contribution in [-0.2, 0) is 4.79 Å². The number of carbonyl (C=O) groups is 1. The fraction of sp³-hybridized carbons (Fsp3) is 0.429. The monoisotopic (exact) mass is 277 g/mol. The van der Waals surface area contributed by atoms with Crippen LogP contribution in [0.1, 0.15) is 19.8 Å². The Kier molecular flexibility index (Phi) is 3.96. The molecule has 4 nitrogen and oxygen atoms in total. The fourth-order valence-electron chi connectivity index (χ4n) is 2.00. The molecule has 1 aliphatic carbocycles. The van der Waals surface area contributed by atoms with E-state index in [0.717, 1.165) is 12.8 Å². The molecule has 19 heavy (non-hydrogen) atoms. The first-order valence-corrected chi connectivity index (χ1v) is 6.63. The van der Waals surface area contributed by atoms with Gasteiger partial charge in [0.05, 0.1) is 23.3 Å². The molecule has 0 aliphatic heterocycles. The molecular formula is C14H16ClN3O. The fourth-order valence-corrected chi connectivity index (χ4v) is 2.20. The summed E-state index contributed by atoms with van der Waals surface area (Å²) in [6.07, 6.45) is 2.00. The second kappa shape index (κ2) is 5.50. The Hall–Kier alpha value is -1.73. The molecule has 2 rings (SSSR count). The number of nitriles is 1. The van der Waals surface area contributed by atoms with Crippen molar-refractivity contribution in [2.75, 3.05) is 11.9 Å². The number of hydrogen-bond acceptors (Lipinski definition) is 3. The molecule has 1 aliphatic rings. The van der Waals surface area contributed by atoms with Crippen LogP contribution >= 0.6 is 11.6 Å². The van der Waals surface area contributed by atoms with Gasteiger partial charge in [0.25, 0.3) is 0 Å². The van der Waals surface area contributed by atoms with Gasteiger partial charge in [0.2, 0.25) is 5.91 Å². The molecule has 1 saturated carbocycles. The Balaban J connectivity index is 1.88. The molecule has 2 N–H and O–H groups in total. The highest BCUT2D eigenvalue weighted by molar-refractivity contribution is 6.33. The number of carbonyl (C=O) groups excluding carboxylic acids is 1. The number of anilines is 1.